The molecule has 5 nitrogen and oxygen atoms in total. The van der Waals surface area contributed by atoms with E-state index in [4.69, 9.17) is 16.0 Å². The summed E-state index contributed by atoms with van der Waals surface area (Å²) in [5, 5.41) is 9.04. The molecular formula is C21H22FN5. The standard InChI is InChI=1S/C21H22FN5/c1-14(16-8-6-15(12-23)7-9-16)27-20-5-3-2-4-19(20)25-21(27)26-11-10-17(22)18(24)13-26/h2-9,14,17-18H,10-11,13,24H2,1H3/t14-,17-,18+/m0/s1. The number of hydrogen-bond donors (Lipinski definition) is 1. The molecule has 0 bridgehead atoms. The lowest BCUT2D eigenvalue weighted by atomic mass is 10.0. The highest BCUT2D eigenvalue weighted by atomic mass is 19.1. The summed E-state index contributed by atoms with van der Waals surface area (Å²) in [7, 11) is 0. The summed E-state index contributed by atoms with van der Waals surface area (Å²) < 4.78 is 16.0. The van der Waals surface area contributed by atoms with Gasteiger partial charge in [0.2, 0.25) is 5.95 Å². The molecule has 0 spiro atoms. The Balaban J connectivity index is 1.79. The number of nitrogens with zero attached hydrogens (tertiary/aromatic N) is 4. The highest BCUT2D eigenvalue weighted by Gasteiger charge is 2.30. The number of benzene rings is 2. The van der Waals surface area contributed by atoms with Crippen molar-refractivity contribution in [2.24, 2.45) is 5.73 Å². The largest absolute Gasteiger partial charge is 0.340 e. The SMILES string of the molecule is C[C@@H](c1ccc(C#N)cc1)n1c(N2CC[C@H](F)[C@H](N)C2)nc2ccccc21. The Labute approximate surface area is 157 Å². The molecule has 1 aromatic heterocycles. The van der Waals surface area contributed by atoms with Crippen molar-refractivity contribution in [1.82, 2.24) is 9.55 Å². The molecule has 0 unspecified atom stereocenters. The minimum Gasteiger partial charge on any atom is -0.340 e. The fourth-order valence-electron chi connectivity index (χ4n) is 3.76. The Bertz CT molecular complexity index is 988. The number of halogens is 1. The molecule has 2 heterocycles. The van der Waals surface area contributed by atoms with Gasteiger partial charge in [-0.15, -0.1) is 0 Å². The van der Waals surface area contributed by atoms with E-state index in [2.05, 4.69) is 22.5 Å². The Hall–Kier alpha value is -2.91. The number of nitrogens with two attached hydrogens (primary N) is 1. The van der Waals surface area contributed by atoms with Gasteiger partial charge in [0.05, 0.1) is 34.7 Å². The van der Waals surface area contributed by atoms with Crippen LogP contribution < -0.4 is 10.6 Å². The van der Waals surface area contributed by atoms with Gasteiger partial charge in [0, 0.05) is 13.1 Å². The van der Waals surface area contributed by atoms with Crippen molar-refractivity contribution in [2.45, 2.75) is 31.6 Å². The molecule has 6 heteroatoms. The number of piperidine rings is 1. The van der Waals surface area contributed by atoms with E-state index in [1.165, 1.54) is 0 Å². The van der Waals surface area contributed by atoms with Gasteiger partial charge in [-0.3, -0.25) is 0 Å². The van der Waals surface area contributed by atoms with Gasteiger partial charge in [0.25, 0.3) is 0 Å². The lowest BCUT2D eigenvalue weighted by Crippen LogP contribution is -2.50. The quantitative estimate of drug-likeness (QED) is 0.774. The van der Waals surface area contributed by atoms with Crippen LogP contribution in [0.25, 0.3) is 11.0 Å². The first-order valence-corrected chi connectivity index (χ1v) is 9.20. The Morgan fingerprint density at radius 1 is 1.22 bits per heavy atom. The van der Waals surface area contributed by atoms with Crippen LogP contribution in [0.3, 0.4) is 0 Å². The Morgan fingerprint density at radius 3 is 2.67 bits per heavy atom. The highest BCUT2D eigenvalue weighted by Crippen LogP contribution is 2.32. The maximum Gasteiger partial charge on any atom is 0.207 e. The van der Waals surface area contributed by atoms with Crippen molar-refractivity contribution >= 4 is 17.0 Å². The molecule has 1 saturated heterocycles. The number of fused-ring (bicyclic) bond motifs is 1. The Morgan fingerprint density at radius 2 is 1.96 bits per heavy atom. The summed E-state index contributed by atoms with van der Waals surface area (Å²) in [4.78, 5) is 6.92. The van der Waals surface area contributed by atoms with Crippen LogP contribution >= 0.6 is 0 Å². The predicted octanol–water partition coefficient (Wildman–Crippen LogP) is 3.39. The first-order valence-electron chi connectivity index (χ1n) is 9.20. The van der Waals surface area contributed by atoms with Crippen molar-refractivity contribution in [2.75, 3.05) is 18.0 Å². The number of hydrogen-bond acceptors (Lipinski definition) is 4. The maximum atomic E-state index is 13.9. The van der Waals surface area contributed by atoms with Gasteiger partial charge in [0.1, 0.15) is 6.17 Å². The van der Waals surface area contributed by atoms with Gasteiger partial charge in [-0.05, 0) is 43.2 Å². The predicted molar refractivity (Wildman–Crippen MR) is 104 cm³/mol. The van der Waals surface area contributed by atoms with Crippen LogP contribution in [0.1, 0.15) is 30.5 Å². The molecule has 0 radical (unpaired) electrons. The molecule has 27 heavy (non-hydrogen) atoms. The minimum atomic E-state index is -0.963. The number of aromatic nitrogens is 2. The maximum absolute atomic E-state index is 13.9. The van der Waals surface area contributed by atoms with Crippen LogP contribution in [0.2, 0.25) is 0 Å². The van der Waals surface area contributed by atoms with Crippen molar-refractivity contribution < 1.29 is 4.39 Å². The molecule has 1 fully saturated rings. The van der Waals surface area contributed by atoms with Crippen LogP contribution in [0.15, 0.2) is 48.5 Å². The first-order chi connectivity index (χ1) is 13.1. The number of rotatable bonds is 3. The van der Waals surface area contributed by atoms with Crippen LogP contribution in [-0.2, 0) is 0 Å². The zero-order chi connectivity index (χ0) is 19.0. The second-order valence-electron chi connectivity index (χ2n) is 7.09. The molecule has 3 aromatic rings. The second-order valence-corrected chi connectivity index (χ2v) is 7.09. The molecular weight excluding hydrogens is 341 g/mol. The average molecular weight is 363 g/mol. The molecule has 4 rings (SSSR count). The lowest BCUT2D eigenvalue weighted by Gasteiger charge is -2.35. The van der Waals surface area contributed by atoms with Gasteiger partial charge in [0.15, 0.2) is 0 Å². The summed E-state index contributed by atoms with van der Waals surface area (Å²) in [6.07, 6.45) is -0.551. The Kier molecular flexibility index (Phi) is 4.54. The third-order valence-corrected chi connectivity index (χ3v) is 5.34. The van der Waals surface area contributed by atoms with Crippen LogP contribution in [0.5, 0.6) is 0 Å². The fraction of sp³-hybridized carbons (Fsp3) is 0.333. The summed E-state index contributed by atoms with van der Waals surface area (Å²) in [6, 6.07) is 17.3. The summed E-state index contributed by atoms with van der Waals surface area (Å²) in [5.74, 6) is 0.815. The summed E-state index contributed by atoms with van der Waals surface area (Å²) in [5.41, 5.74) is 9.64. The van der Waals surface area contributed by atoms with E-state index in [1.807, 2.05) is 48.5 Å². The van der Waals surface area contributed by atoms with E-state index < -0.39 is 12.2 Å². The van der Waals surface area contributed by atoms with E-state index in [0.717, 1.165) is 22.5 Å². The third kappa shape index (κ3) is 3.15. The number of anilines is 1. The van der Waals surface area contributed by atoms with Crippen molar-refractivity contribution in [3.8, 4) is 6.07 Å². The van der Waals surface area contributed by atoms with Gasteiger partial charge in [-0.1, -0.05) is 24.3 Å². The van der Waals surface area contributed by atoms with Gasteiger partial charge in [-0.2, -0.15) is 5.26 Å². The topological polar surface area (TPSA) is 70.9 Å². The van der Waals surface area contributed by atoms with Crippen molar-refractivity contribution in [3.63, 3.8) is 0 Å². The third-order valence-electron chi connectivity index (χ3n) is 5.34. The van der Waals surface area contributed by atoms with E-state index >= 15 is 0 Å². The highest BCUT2D eigenvalue weighted by molar-refractivity contribution is 5.79. The second kappa shape index (κ2) is 7.01. The van der Waals surface area contributed by atoms with Gasteiger partial charge in [-0.25, -0.2) is 9.37 Å². The molecule has 138 valence electrons. The molecule has 0 amide bonds. The molecule has 1 aliphatic heterocycles. The number of para-hydroxylation sites is 2. The molecule has 0 saturated carbocycles. The van der Waals surface area contributed by atoms with E-state index in [-0.39, 0.29) is 6.04 Å². The normalized spacial score (nSPS) is 21.2. The molecule has 3 atom stereocenters. The fourth-order valence-corrected chi connectivity index (χ4v) is 3.76. The smallest absolute Gasteiger partial charge is 0.207 e. The van der Waals surface area contributed by atoms with Crippen molar-refractivity contribution in [1.29, 1.82) is 5.26 Å². The van der Waals surface area contributed by atoms with E-state index in [0.29, 0.717) is 25.1 Å². The van der Waals surface area contributed by atoms with Gasteiger partial charge >= 0.3 is 0 Å². The first kappa shape index (κ1) is 17.5. The average Bonchev–Trinajstić information content (AvgIpc) is 3.09. The summed E-state index contributed by atoms with van der Waals surface area (Å²) in [6.45, 7) is 3.16. The van der Waals surface area contributed by atoms with Gasteiger partial charge < -0.3 is 15.2 Å². The van der Waals surface area contributed by atoms with E-state index in [1.54, 1.807) is 0 Å². The van der Waals surface area contributed by atoms with Crippen molar-refractivity contribution in [3.05, 3.63) is 59.7 Å². The van der Waals surface area contributed by atoms with Crippen LogP contribution in [0, 0.1) is 11.3 Å². The summed E-state index contributed by atoms with van der Waals surface area (Å²) >= 11 is 0. The number of alkyl halides is 1. The zero-order valence-electron chi connectivity index (χ0n) is 15.2. The number of nitriles is 1. The molecule has 0 aliphatic carbocycles. The number of imidazole rings is 1. The minimum absolute atomic E-state index is 0.0134. The monoisotopic (exact) mass is 363 g/mol. The molecule has 2 N–H and O–H groups in total. The lowest BCUT2D eigenvalue weighted by molar-refractivity contribution is 0.243. The van der Waals surface area contributed by atoms with Crippen LogP contribution in [-0.4, -0.2) is 34.9 Å². The molecule has 1 aliphatic rings. The van der Waals surface area contributed by atoms with E-state index in [9.17, 15) is 4.39 Å². The van der Waals surface area contributed by atoms with Crippen LogP contribution in [0.4, 0.5) is 10.3 Å². The molecule has 2 aromatic carbocycles. The zero-order valence-corrected chi connectivity index (χ0v) is 15.2.